The first-order valence-electron chi connectivity index (χ1n) is 6.24. The molecular formula is C15H20N2+2. The highest BCUT2D eigenvalue weighted by Crippen LogP contribution is 2.15. The maximum absolute atomic E-state index is 2.25. The number of hydrogen-bond donors (Lipinski definition) is 0. The molecule has 2 heteroatoms. The number of aromatic nitrogens is 2. The monoisotopic (exact) mass is 228 g/mol. The molecule has 2 nitrogen and oxygen atoms in total. The largest absolute Gasteiger partial charge is 0.208 e. The van der Waals surface area contributed by atoms with Crippen molar-refractivity contribution in [1.29, 1.82) is 0 Å². The van der Waals surface area contributed by atoms with E-state index in [1.54, 1.807) is 0 Å². The van der Waals surface area contributed by atoms with Gasteiger partial charge in [-0.25, -0.2) is 9.13 Å². The number of rotatable bonds is 4. The van der Waals surface area contributed by atoms with E-state index in [0.29, 0.717) is 0 Å². The van der Waals surface area contributed by atoms with E-state index in [1.807, 2.05) is 11.6 Å². The zero-order valence-corrected chi connectivity index (χ0v) is 10.6. The summed E-state index contributed by atoms with van der Waals surface area (Å²) in [5, 5.41) is 0. The second-order valence-electron chi connectivity index (χ2n) is 4.43. The van der Waals surface area contributed by atoms with Crippen LogP contribution in [-0.2, 0) is 13.6 Å². The minimum absolute atomic E-state index is 1.11. The fraction of sp³-hybridized carbons (Fsp3) is 0.333. The molecular weight excluding hydrogens is 208 g/mol. The number of aryl methyl sites for hydroxylation is 2. The van der Waals surface area contributed by atoms with Gasteiger partial charge in [-0.3, -0.25) is 0 Å². The molecule has 0 radical (unpaired) electrons. The van der Waals surface area contributed by atoms with Crippen molar-refractivity contribution in [3.05, 3.63) is 49.1 Å². The Morgan fingerprint density at radius 1 is 0.882 bits per heavy atom. The van der Waals surface area contributed by atoms with Crippen LogP contribution in [0.1, 0.15) is 19.8 Å². The third-order valence-corrected chi connectivity index (χ3v) is 2.97. The van der Waals surface area contributed by atoms with E-state index in [4.69, 9.17) is 0 Å². The smallest absolute Gasteiger partial charge is 0.169 e. The Kier molecular flexibility index (Phi) is 3.86. The van der Waals surface area contributed by atoms with Crippen LogP contribution < -0.4 is 9.13 Å². The van der Waals surface area contributed by atoms with Crippen LogP contribution in [0.5, 0.6) is 0 Å². The molecule has 2 rings (SSSR count). The molecule has 0 bridgehead atoms. The fourth-order valence-corrected chi connectivity index (χ4v) is 1.83. The predicted octanol–water partition coefficient (Wildman–Crippen LogP) is 2.27. The van der Waals surface area contributed by atoms with Gasteiger partial charge in [-0.05, 0) is 11.1 Å². The van der Waals surface area contributed by atoms with E-state index >= 15 is 0 Å². The van der Waals surface area contributed by atoms with Crippen molar-refractivity contribution in [2.45, 2.75) is 26.3 Å². The van der Waals surface area contributed by atoms with Crippen LogP contribution in [0.3, 0.4) is 0 Å². The summed E-state index contributed by atoms with van der Waals surface area (Å²) in [4.78, 5) is 0. The topological polar surface area (TPSA) is 7.76 Å². The van der Waals surface area contributed by atoms with Gasteiger partial charge in [0.1, 0.15) is 13.6 Å². The van der Waals surface area contributed by atoms with E-state index in [0.717, 1.165) is 6.54 Å². The van der Waals surface area contributed by atoms with Crippen LogP contribution in [0.2, 0.25) is 0 Å². The molecule has 2 aromatic rings. The summed E-state index contributed by atoms with van der Waals surface area (Å²) in [5.74, 6) is 0. The van der Waals surface area contributed by atoms with Crippen LogP contribution in [0.25, 0.3) is 11.1 Å². The molecule has 88 valence electrons. The van der Waals surface area contributed by atoms with Crippen LogP contribution in [0, 0.1) is 0 Å². The van der Waals surface area contributed by atoms with Gasteiger partial charge in [0.2, 0.25) is 0 Å². The van der Waals surface area contributed by atoms with Gasteiger partial charge >= 0.3 is 0 Å². The molecule has 0 spiro atoms. The van der Waals surface area contributed by atoms with E-state index in [-0.39, 0.29) is 0 Å². The molecule has 0 unspecified atom stereocenters. The van der Waals surface area contributed by atoms with Gasteiger partial charge in [0.25, 0.3) is 0 Å². The number of unbranched alkanes of at least 4 members (excludes halogenated alkanes) is 1. The van der Waals surface area contributed by atoms with Crippen LogP contribution >= 0.6 is 0 Å². The molecule has 0 fully saturated rings. The van der Waals surface area contributed by atoms with E-state index in [9.17, 15) is 0 Å². The number of pyridine rings is 2. The average molecular weight is 228 g/mol. The lowest BCUT2D eigenvalue weighted by Gasteiger charge is -2.00. The SMILES string of the molecule is CCCC[n+]1ccc(-c2cc[n+](C)cc2)cc1. The van der Waals surface area contributed by atoms with Gasteiger partial charge in [-0.1, -0.05) is 13.3 Å². The van der Waals surface area contributed by atoms with E-state index in [1.165, 1.54) is 24.0 Å². The third kappa shape index (κ3) is 3.13. The van der Waals surface area contributed by atoms with Crippen molar-refractivity contribution in [3.8, 4) is 11.1 Å². The Hall–Kier alpha value is -1.70. The summed E-state index contributed by atoms with van der Waals surface area (Å²) >= 11 is 0. The highest BCUT2D eigenvalue weighted by atomic mass is 14.9. The summed E-state index contributed by atoms with van der Waals surface area (Å²) in [7, 11) is 2.04. The first kappa shape index (κ1) is 11.8. The minimum atomic E-state index is 1.11. The minimum Gasteiger partial charge on any atom is -0.208 e. The average Bonchev–Trinajstić information content (AvgIpc) is 2.38. The molecule has 17 heavy (non-hydrogen) atoms. The highest BCUT2D eigenvalue weighted by Gasteiger charge is 2.03. The van der Waals surface area contributed by atoms with Crippen molar-refractivity contribution < 1.29 is 9.13 Å². The Labute approximate surface area is 103 Å². The maximum atomic E-state index is 2.25. The van der Waals surface area contributed by atoms with Crippen molar-refractivity contribution in [1.82, 2.24) is 0 Å². The van der Waals surface area contributed by atoms with Crippen molar-refractivity contribution in [3.63, 3.8) is 0 Å². The molecule has 0 N–H and O–H groups in total. The summed E-state index contributed by atoms with van der Waals surface area (Å²) in [6.07, 6.45) is 11.0. The van der Waals surface area contributed by atoms with E-state index in [2.05, 4.69) is 60.5 Å². The zero-order valence-electron chi connectivity index (χ0n) is 10.6. The highest BCUT2D eigenvalue weighted by molar-refractivity contribution is 5.60. The fourth-order valence-electron chi connectivity index (χ4n) is 1.83. The lowest BCUT2D eigenvalue weighted by Crippen LogP contribution is -2.32. The third-order valence-electron chi connectivity index (χ3n) is 2.97. The summed E-state index contributed by atoms with van der Waals surface area (Å²) < 4.78 is 4.30. The van der Waals surface area contributed by atoms with Gasteiger partial charge in [-0.15, -0.1) is 0 Å². The Morgan fingerprint density at radius 2 is 1.41 bits per heavy atom. The quantitative estimate of drug-likeness (QED) is 0.709. The van der Waals surface area contributed by atoms with Gasteiger partial charge < -0.3 is 0 Å². The second-order valence-corrected chi connectivity index (χ2v) is 4.43. The van der Waals surface area contributed by atoms with E-state index < -0.39 is 0 Å². The van der Waals surface area contributed by atoms with Gasteiger partial charge in [0, 0.05) is 30.7 Å². The zero-order chi connectivity index (χ0) is 12.1. The van der Waals surface area contributed by atoms with Gasteiger partial charge in [0.05, 0.1) is 0 Å². The summed E-state index contributed by atoms with van der Waals surface area (Å²) in [6, 6.07) is 8.66. The van der Waals surface area contributed by atoms with Crippen LogP contribution in [0.15, 0.2) is 49.1 Å². The first-order chi connectivity index (χ1) is 8.29. The molecule has 0 aliphatic carbocycles. The predicted molar refractivity (Wildman–Crippen MR) is 68.2 cm³/mol. The molecule has 2 aromatic heterocycles. The second kappa shape index (κ2) is 5.58. The molecule has 0 saturated carbocycles. The Bertz CT molecular complexity index is 457. The Balaban J connectivity index is 2.14. The molecule has 0 aliphatic rings. The maximum Gasteiger partial charge on any atom is 0.169 e. The molecule has 0 saturated heterocycles. The molecule has 0 aromatic carbocycles. The standard InChI is InChI=1S/C15H20N2/c1-3-4-9-17-12-7-15(8-13-17)14-5-10-16(2)11-6-14/h5-8,10-13H,3-4,9H2,1-2H3/q+2. The Morgan fingerprint density at radius 3 is 1.94 bits per heavy atom. The summed E-state index contributed by atoms with van der Waals surface area (Å²) in [5.41, 5.74) is 2.55. The van der Waals surface area contributed by atoms with Crippen LogP contribution in [-0.4, -0.2) is 0 Å². The lowest BCUT2D eigenvalue weighted by atomic mass is 10.1. The van der Waals surface area contributed by atoms with Crippen molar-refractivity contribution in [2.24, 2.45) is 7.05 Å². The number of nitrogens with zero attached hydrogens (tertiary/aromatic N) is 2. The first-order valence-corrected chi connectivity index (χ1v) is 6.24. The summed E-state index contributed by atoms with van der Waals surface area (Å²) in [6.45, 7) is 3.33. The molecule has 2 heterocycles. The van der Waals surface area contributed by atoms with Crippen molar-refractivity contribution in [2.75, 3.05) is 0 Å². The number of hydrogen-bond acceptors (Lipinski definition) is 0. The van der Waals surface area contributed by atoms with Gasteiger partial charge in [0.15, 0.2) is 24.8 Å². The van der Waals surface area contributed by atoms with Gasteiger partial charge in [-0.2, -0.15) is 0 Å². The molecule has 0 amide bonds. The molecule has 0 aliphatic heterocycles. The van der Waals surface area contributed by atoms with Crippen LogP contribution in [0.4, 0.5) is 0 Å². The molecule has 0 atom stereocenters. The van der Waals surface area contributed by atoms with Crippen molar-refractivity contribution >= 4 is 0 Å². The lowest BCUT2D eigenvalue weighted by molar-refractivity contribution is -0.697. The normalized spacial score (nSPS) is 10.5.